The van der Waals surface area contributed by atoms with Crippen LogP contribution in [-0.2, 0) is 4.79 Å². The summed E-state index contributed by atoms with van der Waals surface area (Å²) in [6, 6.07) is -1.18. The standard InChI is InChI=1S/C14H26N2O3/c1-4-6-14(7-8-14)9-15-13(19)16-11(12(17)18)10(3)5-2/h10-11H,4-9H2,1-3H3,(H,17,18)(H2,15,16,19)/t10-,11-/m0/s1. The monoisotopic (exact) mass is 270 g/mol. The zero-order valence-electron chi connectivity index (χ0n) is 12.2. The predicted octanol–water partition coefficient (Wildman–Crippen LogP) is 2.37. The molecule has 0 aromatic rings. The minimum Gasteiger partial charge on any atom is -0.480 e. The smallest absolute Gasteiger partial charge is 0.326 e. The maximum absolute atomic E-state index is 11.8. The van der Waals surface area contributed by atoms with E-state index in [0.717, 1.165) is 32.1 Å². The fraction of sp³-hybridized carbons (Fsp3) is 0.857. The molecule has 0 aromatic heterocycles. The van der Waals surface area contributed by atoms with Gasteiger partial charge in [0, 0.05) is 6.54 Å². The quantitative estimate of drug-likeness (QED) is 0.633. The number of amides is 2. The molecule has 0 aromatic carbocycles. The third-order valence-electron chi connectivity index (χ3n) is 4.13. The van der Waals surface area contributed by atoms with E-state index >= 15 is 0 Å². The lowest BCUT2D eigenvalue weighted by Crippen LogP contribution is -2.50. The number of carboxylic acid groups (broad SMARTS) is 1. The van der Waals surface area contributed by atoms with E-state index < -0.39 is 12.0 Å². The summed E-state index contributed by atoms with van der Waals surface area (Å²) in [5.74, 6) is -1.05. The molecular formula is C14H26N2O3. The second kappa shape index (κ2) is 6.78. The highest BCUT2D eigenvalue weighted by Gasteiger charge is 2.41. The number of hydrogen-bond donors (Lipinski definition) is 3. The highest BCUT2D eigenvalue weighted by atomic mass is 16.4. The number of rotatable bonds is 8. The Labute approximate surface area is 115 Å². The minimum absolute atomic E-state index is 0.0752. The number of hydrogen-bond acceptors (Lipinski definition) is 2. The summed E-state index contributed by atoms with van der Waals surface area (Å²) in [5, 5.41) is 14.5. The van der Waals surface area contributed by atoms with Crippen molar-refractivity contribution in [3.63, 3.8) is 0 Å². The van der Waals surface area contributed by atoms with Gasteiger partial charge in [0.1, 0.15) is 6.04 Å². The Morgan fingerprint density at radius 2 is 1.95 bits per heavy atom. The number of urea groups is 1. The van der Waals surface area contributed by atoms with Crippen molar-refractivity contribution in [1.82, 2.24) is 10.6 Å². The van der Waals surface area contributed by atoms with Crippen LogP contribution in [0.2, 0.25) is 0 Å². The fourth-order valence-electron chi connectivity index (χ4n) is 2.37. The summed E-state index contributed by atoms with van der Waals surface area (Å²) in [7, 11) is 0. The molecule has 0 bridgehead atoms. The first-order valence-electron chi connectivity index (χ1n) is 7.21. The molecule has 1 rings (SSSR count). The zero-order valence-corrected chi connectivity index (χ0v) is 12.2. The maximum atomic E-state index is 11.8. The second-order valence-corrected chi connectivity index (χ2v) is 5.78. The van der Waals surface area contributed by atoms with Crippen molar-refractivity contribution in [1.29, 1.82) is 0 Å². The van der Waals surface area contributed by atoms with Gasteiger partial charge in [-0.15, -0.1) is 0 Å². The van der Waals surface area contributed by atoms with Crippen LogP contribution in [-0.4, -0.2) is 29.7 Å². The van der Waals surface area contributed by atoms with Crippen LogP contribution in [0.15, 0.2) is 0 Å². The third kappa shape index (κ3) is 4.73. The average Bonchev–Trinajstić information content (AvgIpc) is 3.13. The Morgan fingerprint density at radius 1 is 1.32 bits per heavy atom. The van der Waals surface area contributed by atoms with Crippen LogP contribution in [0.1, 0.15) is 52.9 Å². The predicted molar refractivity (Wildman–Crippen MR) is 74.0 cm³/mol. The van der Waals surface area contributed by atoms with Crippen molar-refractivity contribution in [3.8, 4) is 0 Å². The Bertz CT molecular complexity index is 327. The lowest BCUT2D eigenvalue weighted by atomic mass is 9.99. The molecule has 0 heterocycles. The van der Waals surface area contributed by atoms with E-state index in [1.807, 2.05) is 13.8 Å². The Morgan fingerprint density at radius 3 is 2.37 bits per heavy atom. The van der Waals surface area contributed by atoms with Crippen molar-refractivity contribution in [3.05, 3.63) is 0 Å². The maximum Gasteiger partial charge on any atom is 0.326 e. The molecule has 1 aliphatic rings. The van der Waals surface area contributed by atoms with Crippen molar-refractivity contribution in [2.24, 2.45) is 11.3 Å². The normalized spacial score (nSPS) is 19.3. The van der Waals surface area contributed by atoms with Crippen molar-refractivity contribution >= 4 is 12.0 Å². The first-order valence-corrected chi connectivity index (χ1v) is 7.21. The van der Waals surface area contributed by atoms with Gasteiger partial charge in [-0.1, -0.05) is 33.6 Å². The van der Waals surface area contributed by atoms with E-state index in [0.29, 0.717) is 6.54 Å². The number of carbonyl (C=O) groups excluding carboxylic acids is 1. The lowest BCUT2D eigenvalue weighted by Gasteiger charge is -2.21. The summed E-state index contributed by atoms with van der Waals surface area (Å²) in [6.45, 7) is 6.54. The summed E-state index contributed by atoms with van der Waals surface area (Å²) in [5.41, 5.74) is 0.279. The van der Waals surface area contributed by atoms with Gasteiger partial charge in [-0.2, -0.15) is 0 Å². The summed E-state index contributed by atoms with van der Waals surface area (Å²) < 4.78 is 0. The van der Waals surface area contributed by atoms with Gasteiger partial charge < -0.3 is 15.7 Å². The van der Waals surface area contributed by atoms with E-state index in [2.05, 4.69) is 17.6 Å². The molecule has 0 aliphatic heterocycles. The Balaban J connectivity index is 2.39. The fourth-order valence-corrected chi connectivity index (χ4v) is 2.37. The van der Waals surface area contributed by atoms with Crippen LogP contribution in [0.3, 0.4) is 0 Å². The molecule has 0 saturated heterocycles. The number of nitrogens with one attached hydrogen (secondary N) is 2. The number of carbonyl (C=O) groups is 2. The molecule has 2 amide bonds. The van der Waals surface area contributed by atoms with Gasteiger partial charge in [0.05, 0.1) is 0 Å². The highest BCUT2D eigenvalue weighted by Crippen LogP contribution is 2.48. The largest absolute Gasteiger partial charge is 0.480 e. The van der Waals surface area contributed by atoms with E-state index in [1.165, 1.54) is 0 Å². The molecule has 1 aliphatic carbocycles. The topological polar surface area (TPSA) is 78.4 Å². The second-order valence-electron chi connectivity index (χ2n) is 5.78. The van der Waals surface area contributed by atoms with Crippen LogP contribution < -0.4 is 10.6 Å². The highest BCUT2D eigenvalue weighted by molar-refractivity contribution is 5.82. The van der Waals surface area contributed by atoms with Crippen molar-refractivity contribution in [2.75, 3.05) is 6.54 Å². The Kier molecular flexibility index (Phi) is 5.63. The number of aliphatic carboxylic acids is 1. The van der Waals surface area contributed by atoms with Crippen LogP contribution in [0.4, 0.5) is 4.79 Å². The van der Waals surface area contributed by atoms with Gasteiger partial charge in [0.25, 0.3) is 0 Å². The SMILES string of the molecule is CCCC1(CNC(=O)N[C@H](C(=O)O)[C@@H](C)CC)CC1. The molecular weight excluding hydrogens is 244 g/mol. The molecule has 1 saturated carbocycles. The van der Waals surface area contributed by atoms with Gasteiger partial charge in [0.15, 0.2) is 0 Å². The first-order chi connectivity index (χ1) is 8.94. The van der Waals surface area contributed by atoms with Gasteiger partial charge in [-0.3, -0.25) is 0 Å². The Hall–Kier alpha value is -1.26. The molecule has 19 heavy (non-hydrogen) atoms. The van der Waals surface area contributed by atoms with Gasteiger partial charge in [-0.25, -0.2) is 9.59 Å². The molecule has 0 spiro atoms. The van der Waals surface area contributed by atoms with Gasteiger partial charge >= 0.3 is 12.0 Å². The molecule has 0 unspecified atom stereocenters. The van der Waals surface area contributed by atoms with Crippen molar-refractivity contribution < 1.29 is 14.7 Å². The van der Waals surface area contributed by atoms with Crippen LogP contribution in [0.25, 0.3) is 0 Å². The molecule has 2 atom stereocenters. The molecule has 110 valence electrons. The van der Waals surface area contributed by atoms with Gasteiger partial charge in [0.2, 0.25) is 0 Å². The summed E-state index contributed by atoms with van der Waals surface area (Å²) in [6.07, 6.45) is 5.29. The van der Waals surface area contributed by atoms with E-state index in [4.69, 9.17) is 5.11 Å². The van der Waals surface area contributed by atoms with E-state index in [9.17, 15) is 9.59 Å². The average molecular weight is 270 g/mol. The molecule has 0 radical (unpaired) electrons. The minimum atomic E-state index is -0.973. The van der Waals surface area contributed by atoms with E-state index in [-0.39, 0.29) is 17.4 Å². The molecule has 3 N–H and O–H groups in total. The van der Waals surface area contributed by atoms with E-state index in [1.54, 1.807) is 0 Å². The van der Waals surface area contributed by atoms with Crippen LogP contribution >= 0.6 is 0 Å². The summed E-state index contributed by atoms with van der Waals surface area (Å²) >= 11 is 0. The van der Waals surface area contributed by atoms with Gasteiger partial charge in [-0.05, 0) is 30.6 Å². The molecule has 1 fully saturated rings. The lowest BCUT2D eigenvalue weighted by molar-refractivity contribution is -0.140. The number of carboxylic acids is 1. The summed E-state index contributed by atoms with van der Waals surface area (Å²) in [4.78, 5) is 22.9. The van der Waals surface area contributed by atoms with Crippen molar-refractivity contribution in [2.45, 2.75) is 58.9 Å². The first kappa shape index (κ1) is 15.8. The third-order valence-corrected chi connectivity index (χ3v) is 4.13. The van der Waals surface area contributed by atoms with Crippen LogP contribution in [0.5, 0.6) is 0 Å². The molecule has 5 nitrogen and oxygen atoms in total. The van der Waals surface area contributed by atoms with Crippen LogP contribution in [0, 0.1) is 11.3 Å². The zero-order chi connectivity index (χ0) is 14.5. The molecule has 5 heteroatoms.